The number of piperidine rings is 1. The maximum Gasteiger partial charge on any atom is 0.194 e. The highest BCUT2D eigenvalue weighted by atomic mass is 16.5. The molecule has 2 saturated heterocycles. The van der Waals surface area contributed by atoms with Gasteiger partial charge in [0.05, 0.1) is 39.1 Å². The second kappa shape index (κ2) is 12.0. The lowest BCUT2D eigenvalue weighted by molar-refractivity contribution is -0.0367. The minimum absolute atomic E-state index is 0.299. The van der Waals surface area contributed by atoms with Gasteiger partial charge in [-0.2, -0.15) is 0 Å². The maximum atomic E-state index is 6.10. The fraction of sp³-hybridized carbons (Fsp3) is 0.696. The quantitative estimate of drug-likeness (QED) is 0.490. The van der Waals surface area contributed by atoms with Crippen molar-refractivity contribution in [3.8, 4) is 11.5 Å². The normalized spacial score (nSPS) is 20.4. The molecule has 3 rings (SSSR count). The van der Waals surface area contributed by atoms with Crippen molar-refractivity contribution in [3.05, 3.63) is 23.8 Å². The number of methoxy groups -OCH3 is 1. The molecule has 0 radical (unpaired) electrons. The van der Waals surface area contributed by atoms with Crippen LogP contribution in [0.1, 0.15) is 45.1 Å². The van der Waals surface area contributed by atoms with Crippen LogP contribution in [-0.4, -0.2) is 69.6 Å². The summed E-state index contributed by atoms with van der Waals surface area (Å²) in [5, 5.41) is 3.44. The van der Waals surface area contributed by atoms with Crippen LogP contribution in [0.5, 0.6) is 11.5 Å². The van der Waals surface area contributed by atoms with Crippen LogP contribution >= 0.6 is 0 Å². The minimum Gasteiger partial charge on any atom is -0.493 e. The third-order valence-corrected chi connectivity index (χ3v) is 5.56. The van der Waals surface area contributed by atoms with Crippen LogP contribution in [0, 0.1) is 0 Å². The zero-order valence-corrected chi connectivity index (χ0v) is 18.7. The molecule has 2 aliphatic rings. The smallest absolute Gasteiger partial charge is 0.194 e. The van der Waals surface area contributed by atoms with Crippen LogP contribution in [0.25, 0.3) is 0 Å². The van der Waals surface area contributed by atoms with Crippen molar-refractivity contribution in [2.75, 3.05) is 46.6 Å². The first-order chi connectivity index (χ1) is 14.7. The van der Waals surface area contributed by atoms with E-state index in [9.17, 15) is 0 Å². The Kier molecular flexibility index (Phi) is 9.08. The molecule has 0 saturated carbocycles. The Morgan fingerprint density at radius 2 is 2.03 bits per heavy atom. The summed E-state index contributed by atoms with van der Waals surface area (Å²) in [6.45, 7) is 9.66. The molecule has 0 amide bonds. The minimum atomic E-state index is 0.299. The van der Waals surface area contributed by atoms with Gasteiger partial charge in [0, 0.05) is 26.2 Å². The van der Waals surface area contributed by atoms with Gasteiger partial charge in [0.15, 0.2) is 17.5 Å². The third kappa shape index (κ3) is 6.51. The summed E-state index contributed by atoms with van der Waals surface area (Å²) < 4.78 is 22.8. The van der Waals surface area contributed by atoms with Crippen LogP contribution in [0.4, 0.5) is 0 Å². The first-order valence-electron chi connectivity index (χ1n) is 11.3. The van der Waals surface area contributed by atoms with Crippen molar-refractivity contribution < 1.29 is 18.9 Å². The van der Waals surface area contributed by atoms with Gasteiger partial charge in [-0.3, -0.25) is 0 Å². The second-order valence-corrected chi connectivity index (χ2v) is 7.74. The number of nitrogens with zero attached hydrogens (tertiary/aromatic N) is 2. The van der Waals surface area contributed by atoms with E-state index in [4.69, 9.17) is 23.9 Å². The number of nitrogens with one attached hydrogen (secondary N) is 1. The molecule has 7 nitrogen and oxygen atoms in total. The maximum absolute atomic E-state index is 6.10. The second-order valence-electron chi connectivity index (χ2n) is 7.74. The average molecular weight is 420 g/mol. The molecule has 0 aliphatic carbocycles. The number of aliphatic imine (C=N–C) groups is 1. The first-order valence-corrected chi connectivity index (χ1v) is 11.3. The summed E-state index contributed by atoms with van der Waals surface area (Å²) in [6.07, 6.45) is 4.96. The van der Waals surface area contributed by atoms with Gasteiger partial charge in [0.25, 0.3) is 0 Å². The van der Waals surface area contributed by atoms with Gasteiger partial charge in [-0.05, 0) is 57.2 Å². The molecule has 1 atom stereocenters. The monoisotopic (exact) mass is 419 g/mol. The number of guanidine groups is 1. The molecule has 2 aliphatic heterocycles. The average Bonchev–Trinajstić information content (AvgIpc) is 3.30. The molecule has 1 aromatic rings. The summed E-state index contributed by atoms with van der Waals surface area (Å²) >= 11 is 0. The first kappa shape index (κ1) is 22.7. The Labute approximate surface area is 180 Å². The Balaban J connectivity index is 1.53. The van der Waals surface area contributed by atoms with Gasteiger partial charge in [0.1, 0.15) is 0 Å². The largest absolute Gasteiger partial charge is 0.493 e. The summed E-state index contributed by atoms with van der Waals surface area (Å²) in [5.74, 6) is 2.48. The summed E-state index contributed by atoms with van der Waals surface area (Å²) in [4.78, 5) is 7.21. The van der Waals surface area contributed by atoms with Gasteiger partial charge in [-0.25, -0.2) is 4.99 Å². The lowest BCUT2D eigenvalue weighted by atomic mass is 10.1. The van der Waals surface area contributed by atoms with Crippen LogP contribution in [-0.2, 0) is 16.0 Å². The van der Waals surface area contributed by atoms with Gasteiger partial charge < -0.3 is 29.2 Å². The highest BCUT2D eigenvalue weighted by Crippen LogP contribution is 2.28. The molecule has 1 unspecified atom stereocenters. The fourth-order valence-corrected chi connectivity index (χ4v) is 3.93. The topological polar surface area (TPSA) is 64.6 Å². The zero-order chi connectivity index (χ0) is 21.2. The van der Waals surface area contributed by atoms with Crippen LogP contribution in [0.3, 0.4) is 0 Å². The summed E-state index contributed by atoms with van der Waals surface area (Å²) in [6, 6.07) is 6.00. The number of hydrogen-bond donors (Lipinski definition) is 1. The summed E-state index contributed by atoms with van der Waals surface area (Å²) in [5.41, 5.74) is 1.10. The van der Waals surface area contributed by atoms with Crippen LogP contribution < -0.4 is 14.8 Å². The Morgan fingerprint density at radius 3 is 2.70 bits per heavy atom. The highest BCUT2D eigenvalue weighted by molar-refractivity contribution is 5.80. The molecular formula is C23H37N3O4. The van der Waals surface area contributed by atoms with E-state index in [0.717, 1.165) is 81.6 Å². The number of ether oxygens (including phenoxy) is 4. The summed E-state index contributed by atoms with van der Waals surface area (Å²) in [7, 11) is 1.66. The molecule has 0 aromatic heterocycles. The van der Waals surface area contributed by atoms with Crippen molar-refractivity contribution >= 4 is 5.96 Å². The molecule has 1 aromatic carbocycles. The molecule has 2 fully saturated rings. The predicted molar refractivity (Wildman–Crippen MR) is 118 cm³/mol. The van der Waals surface area contributed by atoms with E-state index in [1.54, 1.807) is 7.11 Å². The van der Waals surface area contributed by atoms with Crippen molar-refractivity contribution in [2.24, 2.45) is 4.99 Å². The molecule has 0 bridgehead atoms. The number of hydrogen-bond acceptors (Lipinski definition) is 5. The van der Waals surface area contributed by atoms with Gasteiger partial charge in [0.2, 0.25) is 0 Å². The van der Waals surface area contributed by atoms with E-state index >= 15 is 0 Å². The van der Waals surface area contributed by atoms with Crippen LogP contribution in [0.15, 0.2) is 23.2 Å². The van der Waals surface area contributed by atoms with Crippen LogP contribution in [0.2, 0.25) is 0 Å². The molecule has 0 spiro atoms. The van der Waals surface area contributed by atoms with E-state index in [-0.39, 0.29) is 0 Å². The fourth-order valence-electron chi connectivity index (χ4n) is 3.93. The Morgan fingerprint density at radius 1 is 1.20 bits per heavy atom. The molecule has 1 N–H and O–H groups in total. The SMILES string of the molecule is CCNC(=NCc1ccc(OC)c(OCC)c1)N1CCC(OCC2CCCO2)CC1. The number of likely N-dealkylation sites (tertiary alicyclic amines) is 1. The third-order valence-electron chi connectivity index (χ3n) is 5.56. The number of rotatable bonds is 9. The highest BCUT2D eigenvalue weighted by Gasteiger charge is 2.24. The van der Waals surface area contributed by atoms with E-state index in [2.05, 4.69) is 17.1 Å². The molecule has 30 heavy (non-hydrogen) atoms. The van der Waals surface area contributed by atoms with Gasteiger partial charge in [-0.1, -0.05) is 6.07 Å². The van der Waals surface area contributed by atoms with E-state index in [1.807, 2.05) is 25.1 Å². The molecule has 7 heteroatoms. The van der Waals surface area contributed by atoms with Crippen molar-refractivity contribution in [3.63, 3.8) is 0 Å². The van der Waals surface area contributed by atoms with E-state index in [1.165, 1.54) is 0 Å². The Hall–Kier alpha value is -1.99. The van der Waals surface area contributed by atoms with E-state index < -0.39 is 0 Å². The molecular weight excluding hydrogens is 382 g/mol. The Bertz CT molecular complexity index is 668. The number of benzene rings is 1. The van der Waals surface area contributed by atoms with Crippen molar-refractivity contribution in [1.29, 1.82) is 0 Å². The molecule has 168 valence electrons. The van der Waals surface area contributed by atoms with Crippen molar-refractivity contribution in [2.45, 2.75) is 58.3 Å². The molecule has 2 heterocycles. The lowest BCUT2D eigenvalue weighted by Gasteiger charge is -2.34. The standard InChI is InChI=1S/C23H37N3O4/c1-4-24-23(25-16-18-8-9-21(27-3)22(15-18)28-5-2)26-12-10-19(11-13-26)30-17-20-7-6-14-29-20/h8-9,15,19-20H,4-7,10-14,16-17H2,1-3H3,(H,24,25). The lowest BCUT2D eigenvalue weighted by Crippen LogP contribution is -2.47. The zero-order valence-electron chi connectivity index (χ0n) is 18.7. The van der Waals surface area contributed by atoms with E-state index in [0.29, 0.717) is 25.4 Å². The van der Waals surface area contributed by atoms with Gasteiger partial charge >= 0.3 is 0 Å². The van der Waals surface area contributed by atoms with Crippen molar-refractivity contribution in [1.82, 2.24) is 10.2 Å². The predicted octanol–water partition coefficient (Wildman–Crippen LogP) is 3.22. The van der Waals surface area contributed by atoms with Gasteiger partial charge in [-0.15, -0.1) is 0 Å².